The van der Waals surface area contributed by atoms with Gasteiger partial charge in [-0.1, -0.05) is 6.07 Å². The molecule has 1 heterocycles. The van der Waals surface area contributed by atoms with Gasteiger partial charge in [-0.15, -0.1) is 0 Å². The summed E-state index contributed by atoms with van der Waals surface area (Å²) in [6.45, 7) is 2.73. The number of methoxy groups -OCH3 is 2. The predicted molar refractivity (Wildman–Crippen MR) is 73.5 cm³/mol. The van der Waals surface area contributed by atoms with Gasteiger partial charge in [-0.3, -0.25) is 10.2 Å². The molecule has 0 radical (unpaired) electrons. The standard InChI is InChI=1S/C14H20N2O4/c1-4-20-14(17)10-8-15-16-13(10)9-5-6-11(18-2)12(7-9)19-3/h5-7,10,13,15-16H,4,8H2,1-3H3. The zero-order chi connectivity index (χ0) is 14.5. The molecule has 1 saturated heterocycles. The Balaban J connectivity index is 2.23. The summed E-state index contributed by atoms with van der Waals surface area (Å²) in [6, 6.07) is 5.47. The molecule has 1 aliphatic rings. The first-order valence-corrected chi connectivity index (χ1v) is 6.58. The Bertz CT molecular complexity index is 478. The highest BCUT2D eigenvalue weighted by Gasteiger charge is 2.35. The van der Waals surface area contributed by atoms with Gasteiger partial charge in [0.2, 0.25) is 0 Å². The van der Waals surface area contributed by atoms with Crippen LogP contribution in [-0.4, -0.2) is 33.3 Å². The molecule has 0 spiro atoms. The molecule has 6 heteroatoms. The highest BCUT2D eigenvalue weighted by atomic mass is 16.5. The largest absolute Gasteiger partial charge is 0.493 e. The lowest BCUT2D eigenvalue weighted by molar-refractivity contribution is -0.147. The first-order valence-electron chi connectivity index (χ1n) is 6.58. The Morgan fingerprint density at radius 3 is 2.70 bits per heavy atom. The molecule has 0 bridgehead atoms. The van der Waals surface area contributed by atoms with Crippen LogP contribution in [0.2, 0.25) is 0 Å². The molecular weight excluding hydrogens is 260 g/mol. The van der Waals surface area contributed by atoms with Crippen LogP contribution in [0.5, 0.6) is 11.5 Å². The van der Waals surface area contributed by atoms with E-state index in [4.69, 9.17) is 14.2 Å². The summed E-state index contributed by atoms with van der Waals surface area (Å²) < 4.78 is 15.6. The fourth-order valence-corrected chi connectivity index (χ4v) is 2.33. The first-order chi connectivity index (χ1) is 9.71. The Labute approximate surface area is 118 Å². The van der Waals surface area contributed by atoms with E-state index in [0.717, 1.165) is 5.56 Å². The summed E-state index contributed by atoms with van der Waals surface area (Å²) in [7, 11) is 3.18. The van der Waals surface area contributed by atoms with Crippen molar-refractivity contribution in [2.75, 3.05) is 27.4 Å². The monoisotopic (exact) mass is 280 g/mol. The van der Waals surface area contributed by atoms with E-state index >= 15 is 0 Å². The highest BCUT2D eigenvalue weighted by molar-refractivity contribution is 5.74. The second-order valence-electron chi connectivity index (χ2n) is 4.48. The number of benzene rings is 1. The molecule has 2 atom stereocenters. The van der Waals surface area contributed by atoms with E-state index in [1.165, 1.54) is 0 Å². The van der Waals surface area contributed by atoms with Crippen molar-refractivity contribution in [3.8, 4) is 11.5 Å². The third-order valence-corrected chi connectivity index (χ3v) is 3.34. The predicted octanol–water partition coefficient (Wildman–Crippen LogP) is 1.03. The molecule has 2 unspecified atom stereocenters. The zero-order valence-corrected chi connectivity index (χ0v) is 11.9. The van der Waals surface area contributed by atoms with Crippen molar-refractivity contribution in [3.05, 3.63) is 23.8 Å². The molecule has 6 nitrogen and oxygen atoms in total. The summed E-state index contributed by atoms with van der Waals surface area (Å²) in [6.07, 6.45) is 0. The molecule has 20 heavy (non-hydrogen) atoms. The molecule has 1 aliphatic heterocycles. The van der Waals surface area contributed by atoms with Gasteiger partial charge in [-0.2, -0.15) is 0 Å². The van der Waals surface area contributed by atoms with Crippen molar-refractivity contribution in [3.63, 3.8) is 0 Å². The molecule has 2 N–H and O–H groups in total. The second-order valence-corrected chi connectivity index (χ2v) is 4.48. The van der Waals surface area contributed by atoms with Gasteiger partial charge in [0.1, 0.15) is 0 Å². The number of rotatable bonds is 5. The van der Waals surface area contributed by atoms with E-state index < -0.39 is 0 Å². The average Bonchev–Trinajstić information content (AvgIpc) is 2.96. The summed E-state index contributed by atoms with van der Waals surface area (Å²) in [5.41, 5.74) is 7.06. The number of nitrogens with one attached hydrogen (secondary N) is 2. The summed E-state index contributed by atoms with van der Waals surface area (Å²) >= 11 is 0. The lowest BCUT2D eigenvalue weighted by Gasteiger charge is -2.18. The van der Waals surface area contributed by atoms with Crippen LogP contribution in [0.25, 0.3) is 0 Å². The molecule has 1 aromatic rings. The molecule has 110 valence electrons. The van der Waals surface area contributed by atoms with Gasteiger partial charge in [-0.25, -0.2) is 5.43 Å². The Morgan fingerprint density at radius 2 is 2.05 bits per heavy atom. The minimum Gasteiger partial charge on any atom is -0.493 e. The number of carbonyl (C=O) groups excluding carboxylic acids is 1. The van der Waals surface area contributed by atoms with Crippen LogP contribution in [0.4, 0.5) is 0 Å². The van der Waals surface area contributed by atoms with Crippen molar-refractivity contribution in [2.45, 2.75) is 13.0 Å². The fourth-order valence-electron chi connectivity index (χ4n) is 2.33. The van der Waals surface area contributed by atoms with Crippen molar-refractivity contribution >= 4 is 5.97 Å². The third-order valence-electron chi connectivity index (χ3n) is 3.34. The molecule has 2 rings (SSSR count). The van der Waals surface area contributed by atoms with Crippen molar-refractivity contribution in [1.82, 2.24) is 10.9 Å². The van der Waals surface area contributed by atoms with Crippen molar-refractivity contribution < 1.29 is 19.0 Å². The lowest BCUT2D eigenvalue weighted by Crippen LogP contribution is -2.27. The Hall–Kier alpha value is -1.79. The van der Waals surface area contributed by atoms with Gasteiger partial charge < -0.3 is 14.2 Å². The van der Waals surface area contributed by atoms with E-state index in [0.29, 0.717) is 24.7 Å². The molecule has 1 aromatic carbocycles. The van der Waals surface area contributed by atoms with Crippen LogP contribution < -0.4 is 20.3 Å². The van der Waals surface area contributed by atoms with E-state index in [2.05, 4.69) is 10.9 Å². The van der Waals surface area contributed by atoms with E-state index in [9.17, 15) is 4.79 Å². The number of hydrogen-bond donors (Lipinski definition) is 2. The minimum atomic E-state index is -0.256. The van der Waals surface area contributed by atoms with Gasteiger partial charge in [0.05, 0.1) is 32.8 Å². The second kappa shape index (κ2) is 6.58. The van der Waals surface area contributed by atoms with E-state index in [1.807, 2.05) is 18.2 Å². The minimum absolute atomic E-state index is 0.145. The van der Waals surface area contributed by atoms with Gasteiger partial charge in [0, 0.05) is 6.54 Å². The SMILES string of the molecule is CCOC(=O)C1CNNC1c1ccc(OC)c(OC)c1. The summed E-state index contributed by atoms with van der Waals surface area (Å²) in [5, 5.41) is 0. The van der Waals surface area contributed by atoms with Crippen LogP contribution in [-0.2, 0) is 9.53 Å². The summed E-state index contributed by atoms with van der Waals surface area (Å²) in [5.74, 6) is 0.842. The quantitative estimate of drug-likeness (QED) is 0.785. The fraction of sp³-hybridized carbons (Fsp3) is 0.500. The molecule has 0 amide bonds. The van der Waals surface area contributed by atoms with Gasteiger partial charge >= 0.3 is 5.97 Å². The number of hydrazine groups is 1. The average molecular weight is 280 g/mol. The highest BCUT2D eigenvalue weighted by Crippen LogP contribution is 2.33. The zero-order valence-electron chi connectivity index (χ0n) is 11.9. The number of hydrogen-bond acceptors (Lipinski definition) is 6. The summed E-state index contributed by atoms with van der Waals surface area (Å²) in [4.78, 5) is 11.9. The first kappa shape index (κ1) is 14.6. The van der Waals surface area contributed by atoms with E-state index in [1.54, 1.807) is 21.1 Å². The van der Waals surface area contributed by atoms with Crippen LogP contribution in [0.3, 0.4) is 0 Å². The maximum atomic E-state index is 11.9. The van der Waals surface area contributed by atoms with Gasteiger partial charge in [0.25, 0.3) is 0 Å². The van der Waals surface area contributed by atoms with Crippen molar-refractivity contribution in [2.24, 2.45) is 5.92 Å². The Morgan fingerprint density at radius 1 is 1.30 bits per heavy atom. The van der Waals surface area contributed by atoms with Crippen LogP contribution in [0.15, 0.2) is 18.2 Å². The van der Waals surface area contributed by atoms with Gasteiger partial charge in [0.15, 0.2) is 11.5 Å². The normalized spacial score (nSPS) is 21.6. The number of ether oxygens (including phenoxy) is 3. The maximum Gasteiger partial charge on any atom is 0.312 e. The topological polar surface area (TPSA) is 68.8 Å². The lowest BCUT2D eigenvalue weighted by atomic mass is 9.95. The molecule has 1 fully saturated rings. The van der Waals surface area contributed by atoms with Gasteiger partial charge in [-0.05, 0) is 24.6 Å². The molecule has 0 saturated carbocycles. The molecule has 0 aliphatic carbocycles. The van der Waals surface area contributed by atoms with Crippen LogP contribution in [0, 0.1) is 5.92 Å². The molecule has 0 aromatic heterocycles. The molecular formula is C14H20N2O4. The smallest absolute Gasteiger partial charge is 0.312 e. The van der Waals surface area contributed by atoms with E-state index in [-0.39, 0.29) is 17.9 Å². The maximum absolute atomic E-state index is 11.9. The number of esters is 1. The number of carbonyl (C=O) groups is 1. The third kappa shape index (κ3) is 2.86. The Kier molecular flexibility index (Phi) is 4.81. The van der Waals surface area contributed by atoms with Crippen LogP contribution in [0.1, 0.15) is 18.5 Å². The van der Waals surface area contributed by atoms with Crippen molar-refractivity contribution in [1.29, 1.82) is 0 Å². The van der Waals surface area contributed by atoms with Crippen LogP contribution >= 0.6 is 0 Å².